The van der Waals surface area contributed by atoms with Gasteiger partial charge >= 0.3 is 0 Å². The van der Waals surface area contributed by atoms with Gasteiger partial charge in [-0.2, -0.15) is 5.26 Å². The minimum absolute atomic E-state index is 0.0151. The highest BCUT2D eigenvalue weighted by molar-refractivity contribution is 9.10. The summed E-state index contributed by atoms with van der Waals surface area (Å²) in [6, 6.07) is 9.25. The summed E-state index contributed by atoms with van der Waals surface area (Å²) in [7, 11) is 0. The van der Waals surface area contributed by atoms with Gasteiger partial charge in [0.25, 0.3) is 0 Å². The van der Waals surface area contributed by atoms with E-state index in [0.717, 1.165) is 16.8 Å². The third-order valence-corrected chi connectivity index (χ3v) is 3.51. The summed E-state index contributed by atoms with van der Waals surface area (Å²) < 4.78 is 26.9. The van der Waals surface area contributed by atoms with E-state index in [0.29, 0.717) is 11.0 Å². The molecule has 102 valence electrons. The standard InChI is InChI=1S/C15H11BrF2N2/c1-9-4-14(18)12(16)6-15(9)20-8-10-2-3-13(17)11(5-10)7-19/h2-6,20H,8H2,1H3. The minimum Gasteiger partial charge on any atom is -0.381 e. The molecule has 0 radical (unpaired) electrons. The van der Waals surface area contributed by atoms with Gasteiger partial charge in [0.15, 0.2) is 0 Å². The van der Waals surface area contributed by atoms with Gasteiger partial charge in [-0.05, 0) is 58.2 Å². The average molecular weight is 337 g/mol. The van der Waals surface area contributed by atoms with Gasteiger partial charge in [-0.25, -0.2) is 8.78 Å². The molecule has 0 saturated carbocycles. The summed E-state index contributed by atoms with van der Waals surface area (Å²) in [4.78, 5) is 0. The molecule has 2 rings (SSSR count). The first-order chi connectivity index (χ1) is 9.51. The summed E-state index contributed by atoms with van der Waals surface area (Å²) >= 11 is 3.13. The van der Waals surface area contributed by atoms with Crippen molar-refractivity contribution in [2.45, 2.75) is 13.5 Å². The lowest BCUT2D eigenvalue weighted by Gasteiger charge is -2.11. The topological polar surface area (TPSA) is 35.8 Å². The van der Waals surface area contributed by atoms with Crippen LogP contribution in [-0.4, -0.2) is 0 Å². The van der Waals surface area contributed by atoms with Crippen LogP contribution in [0.2, 0.25) is 0 Å². The average Bonchev–Trinajstić information content (AvgIpc) is 2.43. The van der Waals surface area contributed by atoms with E-state index in [1.54, 1.807) is 25.1 Å². The van der Waals surface area contributed by atoms with E-state index < -0.39 is 5.82 Å². The van der Waals surface area contributed by atoms with Crippen molar-refractivity contribution in [3.05, 3.63) is 63.1 Å². The second-order valence-corrected chi connectivity index (χ2v) is 5.22. The quantitative estimate of drug-likeness (QED) is 0.894. The van der Waals surface area contributed by atoms with Gasteiger partial charge in [0, 0.05) is 12.2 Å². The Labute approximate surface area is 124 Å². The third kappa shape index (κ3) is 3.14. The van der Waals surface area contributed by atoms with Crippen molar-refractivity contribution < 1.29 is 8.78 Å². The molecule has 5 heteroatoms. The van der Waals surface area contributed by atoms with E-state index in [9.17, 15) is 8.78 Å². The largest absolute Gasteiger partial charge is 0.381 e. The van der Waals surface area contributed by atoms with Crippen LogP contribution in [0.15, 0.2) is 34.8 Å². The van der Waals surface area contributed by atoms with Crippen LogP contribution in [0.1, 0.15) is 16.7 Å². The Balaban J connectivity index is 2.17. The van der Waals surface area contributed by atoms with Crippen LogP contribution in [0.4, 0.5) is 14.5 Å². The summed E-state index contributed by atoms with van der Waals surface area (Å²) in [5.41, 5.74) is 2.35. The molecule has 0 heterocycles. The summed E-state index contributed by atoms with van der Waals surface area (Å²) in [6.07, 6.45) is 0. The molecule has 0 aliphatic heterocycles. The highest BCUT2D eigenvalue weighted by Crippen LogP contribution is 2.24. The van der Waals surface area contributed by atoms with Crippen LogP contribution < -0.4 is 5.32 Å². The van der Waals surface area contributed by atoms with Crippen molar-refractivity contribution in [3.8, 4) is 6.07 Å². The van der Waals surface area contributed by atoms with E-state index in [-0.39, 0.29) is 11.4 Å². The Morgan fingerprint density at radius 1 is 1.20 bits per heavy atom. The maximum absolute atomic E-state index is 13.3. The Bertz CT molecular complexity index is 693. The van der Waals surface area contributed by atoms with Crippen molar-refractivity contribution in [1.82, 2.24) is 0 Å². The fraction of sp³-hybridized carbons (Fsp3) is 0.133. The number of anilines is 1. The van der Waals surface area contributed by atoms with Crippen molar-refractivity contribution in [3.63, 3.8) is 0 Å². The number of nitrogens with zero attached hydrogens (tertiary/aromatic N) is 1. The van der Waals surface area contributed by atoms with Crippen molar-refractivity contribution in [1.29, 1.82) is 5.26 Å². The van der Waals surface area contributed by atoms with Crippen LogP contribution in [0.25, 0.3) is 0 Å². The van der Waals surface area contributed by atoms with Crippen molar-refractivity contribution >= 4 is 21.6 Å². The van der Waals surface area contributed by atoms with Gasteiger partial charge in [-0.1, -0.05) is 6.07 Å². The molecular formula is C15H11BrF2N2. The molecule has 0 saturated heterocycles. The maximum Gasteiger partial charge on any atom is 0.140 e. The molecule has 0 unspecified atom stereocenters. The molecule has 0 atom stereocenters. The predicted octanol–water partition coefficient (Wildman–Crippen LogP) is 4.52. The second kappa shape index (κ2) is 6.02. The minimum atomic E-state index is -0.531. The number of nitrogens with one attached hydrogen (secondary N) is 1. The normalized spacial score (nSPS) is 10.2. The van der Waals surface area contributed by atoms with E-state index in [1.165, 1.54) is 18.2 Å². The molecule has 1 N–H and O–H groups in total. The van der Waals surface area contributed by atoms with Crippen LogP contribution in [0, 0.1) is 29.9 Å². The lowest BCUT2D eigenvalue weighted by atomic mass is 10.1. The first-order valence-corrected chi connectivity index (χ1v) is 6.68. The highest BCUT2D eigenvalue weighted by Gasteiger charge is 2.06. The van der Waals surface area contributed by atoms with Crippen LogP contribution in [0.5, 0.6) is 0 Å². The smallest absolute Gasteiger partial charge is 0.140 e. The zero-order chi connectivity index (χ0) is 14.7. The number of nitriles is 1. The number of aryl methyl sites for hydroxylation is 1. The zero-order valence-corrected chi connectivity index (χ0v) is 12.3. The Morgan fingerprint density at radius 3 is 2.65 bits per heavy atom. The van der Waals surface area contributed by atoms with E-state index in [2.05, 4.69) is 21.2 Å². The van der Waals surface area contributed by atoms with Crippen LogP contribution in [-0.2, 0) is 6.54 Å². The van der Waals surface area contributed by atoms with E-state index >= 15 is 0 Å². The summed E-state index contributed by atoms with van der Waals surface area (Å²) in [6.45, 7) is 2.22. The molecule has 0 aliphatic carbocycles. The molecule has 0 aromatic heterocycles. The monoisotopic (exact) mass is 336 g/mol. The summed E-state index contributed by atoms with van der Waals surface area (Å²) in [5.74, 6) is -0.849. The van der Waals surface area contributed by atoms with Gasteiger partial charge in [0.05, 0.1) is 10.0 Å². The number of hydrogen-bond donors (Lipinski definition) is 1. The Hall–Kier alpha value is -1.93. The third-order valence-electron chi connectivity index (χ3n) is 2.90. The number of hydrogen-bond acceptors (Lipinski definition) is 2. The molecule has 0 aliphatic rings. The Kier molecular flexibility index (Phi) is 4.35. The fourth-order valence-corrected chi connectivity index (χ4v) is 2.15. The van der Waals surface area contributed by atoms with E-state index in [1.807, 2.05) is 0 Å². The molecule has 20 heavy (non-hydrogen) atoms. The van der Waals surface area contributed by atoms with Gasteiger partial charge in [-0.3, -0.25) is 0 Å². The lowest BCUT2D eigenvalue weighted by molar-refractivity contribution is 0.620. The van der Waals surface area contributed by atoms with Gasteiger partial charge in [0.1, 0.15) is 17.7 Å². The second-order valence-electron chi connectivity index (χ2n) is 4.36. The lowest BCUT2D eigenvalue weighted by Crippen LogP contribution is -2.02. The first kappa shape index (κ1) is 14.5. The van der Waals surface area contributed by atoms with Crippen molar-refractivity contribution in [2.75, 3.05) is 5.32 Å². The zero-order valence-electron chi connectivity index (χ0n) is 10.7. The molecule has 0 fully saturated rings. The van der Waals surface area contributed by atoms with E-state index in [4.69, 9.17) is 5.26 Å². The predicted molar refractivity (Wildman–Crippen MR) is 77.3 cm³/mol. The van der Waals surface area contributed by atoms with Crippen LogP contribution in [0.3, 0.4) is 0 Å². The van der Waals surface area contributed by atoms with Gasteiger partial charge in [-0.15, -0.1) is 0 Å². The summed E-state index contributed by atoms with van der Waals surface area (Å²) in [5, 5.41) is 11.9. The number of rotatable bonds is 3. The molecular weight excluding hydrogens is 326 g/mol. The first-order valence-electron chi connectivity index (χ1n) is 5.89. The molecule has 2 aromatic carbocycles. The number of halogens is 3. The molecule has 2 aromatic rings. The van der Waals surface area contributed by atoms with Crippen LogP contribution >= 0.6 is 15.9 Å². The number of benzene rings is 2. The Morgan fingerprint density at radius 2 is 1.95 bits per heavy atom. The van der Waals surface area contributed by atoms with Gasteiger partial charge in [0.2, 0.25) is 0 Å². The molecule has 0 spiro atoms. The molecule has 2 nitrogen and oxygen atoms in total. The maximum atomic E-state index is 13.3. The highest BCUT2D eigenvalue weighted by atomic mass is 79.9. The SMILES string of the molecule is Cc1cc(F)c(Br)cc1NCc1ccc(F)c(C#N)c1. The van der Waals surface area contributed by atoms with Crippen molar-refractivity contribution in [2.24, 2.45) is 0 Å². The fourth-order valence-electron chi connectivity index (χ4n) is 1.80. The van der Waals surface area contributed by atoms with Gasteiger partial charge < -0.3 is 5.32 Å². The molecule has 0 bridgehead atoms. The molecule has 0 amide bonds.